The van der Waals surface area contributed by atoms with Gasteiger partial charge in [-0.1, -0.05) is 13.0 Å². The Morgan fingerprint density at radius 1 is 1.47 bits per heavy atom. The first kappa shape index (κ1) is 13.6. The predicted molar refractivity (Wildman–Crippen MR) is 72.4 cm³/mol. The van der Waals surface area contributed by atoms with E-state index in [1.54, 1.807) is 6.07 Å². The van der Waals surface area contributed by atoms with Gasteiger partial charge >= 0.3 is 5.97 Å². The average molecular weight is 279 g/mol. The molecule has 1 unspecified atom stereocenters. The predicted octanol–water partition coefficient (Wildman–Crippen LogP) is 2.40. The average Bonchev–Trinajstić information content (AvgIpc) is 2.77. The van der Waals surface area contributed by atoms with Crippen LogP contribution < -0.4 is 0 Å². The van der Waals surface area contributed by atoms with Gasteiger partial charge < -0.3 is 9.52 Å². The summed E-state index contributed by atoms with van der Waals surface area (Å²) in [5.74, 6) is -2.20. The zero-order chi connectivity index (χ0) is 14.0. The van der Waals surface area contributed by atoms with Crippen LogP contribution in [0.5, 0.6) is 0 Å². The maximum atomic E-state index is 11.1. The summed E-state index contributed by atoms with van der Waals surface area (Å²) in [4.78, 5) is 26.3. The molecule has 0 amide bonds. The number of oxazole rings is 1. The number of carbonyl (C=O) groups is 2. The van der Waals surface area contributed by atoms with E-state index < -0.39 is 17.0 Å². The van der Waals surface area contributed by atoms with Crippen molar-refractivity contribution in [2.75, 3.05) is 0 Å². The highest BCUT2D eigenvalue weighted by molar-refractivity contribution is 7.96. The number of thiol groups is 1. The van der Waals surface area contributed by atoms with Crippen molar-refractivity contribution in [1.29, 1.82) is 0 Å². The van der Waals surface area contributed by atoms with Crippen molar-refractivity contribution in [1.82, 2.24) is 4.98 Å². The van der Waals surface area contributed by atoms with E-state index in [-0.39, 0.29) is 12.3 Å². The quantitative estimate of drug-likeness (QED) is 0.821. The molecule has 0 aliphatic heterocycles. The highest BCUT2D eigenvalue weighted by Crippen LogP contribution is 2.25. The monoisotopic (exact) mass is 279 g/mol. The van der Waals surface area contributed by atoms with Gasteiger partial charge in [0.1, 0.15) is 11.4 Å². The van der Waals surface area contributed by atoms with Crippen molar-refractivity contribution < 1.29 is 19.1 Å². The minimum absolute atomic E-state index is 0.0400. The van der Waals surface area contributed by atoms with Crippen LogP contribution in [0.1, 0.15) is 30.7 Å². The van der Waals surface area contributed by atoms with E-state index in [1.807, 2.05) is 19.1 Å². The van der Waals surface area contributed by atoms with Gasteiger partial charge in [-0.3, -0.25) is 9.59 Å². The summed E-state index contributed by atoms with van der Waals surface area (Å²) >= 11 is 3.60. The molecule has 1 atom stereocenters. The zero-order valence-electron chi connectivity index (χ0n) is 10.3. The molecule has 1 aromatic heterocycles. The van der Waals surface area contributed by atoms with Crippen LogP contribution in [0, 0.1) is 0 Å². The molecule has 1 heterocycles. The lowest BCUT2D eigenvalue weighted by Gasteiger charge is -2.04. The number of carboxylic acids is 1. The molecule has 0 aliphatic rings. The lowest BCUT2D eigenvalue weighted by molar-refractivity contribution is -0.140. The molecule has 1 aromatic carbocycles. The highest BCUT2D eigenvalue weighted by Gasteiger charge is 2.27. The number of carboxylic acid groups (broad SMARTS) is 1. The minimum atomic E-state index is -1.15. The Morgan fingerprint density at radius 2 is 2.21 bits per heavy atom. The Labute approximate surface area is 115 Å². The number of fused-ring (bicyclic) bond motifs is 1. The number of aromatic nitrogens is 1. The number of hydrogen-bond donors (Lipinski definition) is 2. The van der Waals surface area contributed by atoms with Gasteiger partial charge in [0, 0.05) is 6.42 Å². The van der Waals surface area contributed by atoms with E-state index in [1.165, 1.54) is 0 Å². The Bertz CT molecular complexity index is 635. The summed E-state index contributed by atoms with van der Waals surface area (Å²) in [5, 5.41) is 8.61. The first-order valence-corrected chi connectivity index (χ1v) is 6.30. The number of aryl methyl sites for hydroxylation is 1. The van der Waals surface area contributed by atoms with Crippen molar-refractivity contribution in [3.63, 3.8) is 0 Å². The molecule has 0 saturated heterocycles. The standard InChI is InChI=1S/C13H13NO4S/c1-2-7-3-4-9-10(5-7)18-12(14-9)8(13(16)17)6-11(15)19/h3-5,8H,2,6H2,1H3,(H,15,19)(H,16,17). The van der Waals surface area contributed by atoms with Crippen molar-refractivity contribution in [2.24, 2.45) is 0 Å². The SMILES string of the molecule is CCc1ccc2nc(C(CC(=O)S)C(=O)O)oc2c1. The number of nitrogens with zero attached hydrogens (tertiary/aromatic N) is 1. The van der Waals surface area contributed by atoms with Crippen molar-refractivity contribution >= 4 is 34.8 Å². The maximum Gasteiger partial charge on any atom is 0.316 e. The van der Waals surface area contributed by atoms with E-state index >= 15 is 0 Å². The van der Waals surface area contributed by atoms with Gasteiger partial charge in [-0.05, 0) is 24.1 Å². The molecule has 19 heavy (non-hydrogen) atoms. The molecule has 1 N–H and O–H groups in total. The number of aliphatic carboxylic acids is 1. The van der Waals surface area contributed by atoms with E-state index in [0.29, 0.717) is 11.1 Å². The Morgan fingerprint density at radius 3 is 2.79 bits per heavy atom. The topological polar surface area (TPSA) is 80.4 Å². The second kappa shape index (κ2) is 5.44. The van der Waals surface area contributed by atoms with Gasteiger partial charge in [0.05, 0.1) is 0 Å². The number of benzene rings is 1. The molecular weight excluding hydrogens is 266 g/mol. The van der Waals surface area contributed by atoms with E-state index in [0.717, 1.165) is 12.0 Å². The Hall–Kier alpha value is -1.82. The fraction of sp³-hybridized carbons (Fsp3) is 0.308. The largest absolute Gasteiger partial charge is 0.481 e. The first-order valence-electron chi connectivity index (χ1n) is 5.85. The van der Waals surface area contributed by atoms with Crippen LogP contribution in [0.15, 0.2) is 22.6 Å². The van der Waals surface area contributed by atoms with E-state index in [4.69, 9.17) is 9.52 Å². The lowest BCUT2D eigenvalue weighted by Crippen LogP contribution is -2.14. The van der Waals surface area contributed by atoms with Crippen LogP contribution in [-0.2, 0) is 16.0 Å². The van der Waals surface area contributed by atoms with E-state index in [9.17, 15) is 9.59 Å². The molecule has 5 nitrogen and oxygen atoms in total. The van der Waals surface area contributed by atoms with Crippen LogP contribution in [0.25, 0.3) is 11.1 Å². The summed E-state index contributed by atoms with van der Waals surface area (Å²) < 4.78 is 5.46. The van der Waals surface area contributed by atoms with Crippen LogP contribution in [0.4, 0.5) is 0 Å². The van der Waals surface area contributed by atoms with Gasteiger partial charge in [-0.15, -0.1) is 12.6 Å². The normalized spacial score (nSPS) is 12.5. The molecule has 0 fully saturated rings. The van der Waals surface area contributed by atoms with Gasteiger partial charge in [-0.25, -0.2) is 4.98 Å². The molecule has 0 saturated carbocycles. The molecule has 6 heteroatoms. The van der Waals surface area contributed by atoms with Crippen LogP contribution in [0.3, 0.4) is 0 Å². The highest BCUT2D eigenvalue weighted by atomic mass is 32.1. The summed E-state index contributed by atoms with van der Waals surface area (Å²) in [7, 11) is 0. The fourth-order valence-electron chi connectivity index (χ4n) is 1.81. The van der Waals surface area contributed by atoms with Crippen molar-refractivity contribution in [3.05, 3.63) is 29.7 Å². The maximum absolute atomic E-state index is 11.1. The summed E-state index contributed by atoms with van der Waals surface area (Å²) in [6.45, 7) is 2.01. The lowest BCUT2D eigenvalue weighted by atomic mass is 10.1. The molecule has 0 aliphatic carbocycles. The minimum Gasteiger partial charge on any atom is -0.481 e. The van der Waals surface area contributed by atoms with Crippen LogP contribution >= 0.6 is 12.6 Å². The van der Waals surface area contributed by atoms with Crippen molar-refractivity contribution in [3.8, 4) is 0 Å². The van der Waals surface area contributed by atoms with Crippen LogP contribution in [-0.4, -0.2) is 21.2 Å². The Balaban J connectivity index is 2.42. The molecule has 2 rings (SSSR count). The van der Waals surface area contributed by atoms with E-state index in [2.05, 4.69) is 17.6 Å². The second-order valence-electron chi connectivity index (χ2n) is 4.20. The molecule has 0 bridgehead atoms. The number of hydrogen-bond acceptors (Lipinski definition) is 4. The third-order valence-electron chi connectivity index (χ3n) is 2.85. The first-order chi connectivity index (χ1) is 9.01. The summed E-state index contributed by atoms with van der Waals surface area (Å²) in [6.07, 6.45) is 0.607. The van der Waals surface area contributed by atoms with Gasteiger partial charge in [-0.2, -0.15) is 0 Å². The zero-order valence-corrected chi connectivity index (χ0v) is 11.2. The fourth-order valence-corrected chi connectivity index (χ4v) is 1.99. The molecule has 2 aromatic rings. The third-order valence-corrected chi connectivity index (χ3v) is 3.04. The molecule has 0 spiro atoms. The number of carbonyl (C=O) groups excluding carboxylic acids is 1. The molecule has 0 radical (unpaired) electrons. The molecular formula is C13H13NO4S. The number of rotatable bonds is 5. The summed E-state index contributed by atoms with van der Waals surface area (Å²) in [5.41, 5.74) is 2.20. The van der Waals surface area contributed by atoms with Crippen LogP contribution in [0.2, 0.25) is 0 Å². The van der Waals surface area contributed by atoms with Crippen molar-refractivity contribution in [2.45, 2.75) is 25.7 Å². The smallest absolute Gasteiger partial charge is 0.316 e. The molecule has 100 valence electrons. The van der Waals surface area contributed by atoms with Gasteiger partial charge in [0.15, 0.2) is 10.7 Å². The summed E-state index contributed by atoms with van der Waals surface area (Å²) in [6, 6.07) is 5.52. The van der Waals surface area contributed by atoms with Gasteiger partial charge in [0.25, 0.3) is 0 Å². The van der Waals surface area contributed by atoms with Gasteiger partial charge in [0.2, 0.25) is 5.89 Å². The second-order valence-corrected chi connectivity index (χ2v) is 4.70. The Kier molecular flexibility index (Phi) is 3.90. The third kappa shape index (κ3) is 2.96.